The molecule has 3 rings (SSSR count). The van der Waals surface area contributed by atoms with Crippen molar-refractivity contribution in [3.63, 3.8) is 0 Å². The van der Waals surface area contributed by atoms with Gasteiger partial charge in [0.1, 0.15) is 5.58 Å². The Kier molecular flexibility index (Phi) is 2.72. The van der Waals surface area contributed by atoms with Crippen molar-refractivity contribution >= 4 is 22.6 Å². The molecule has 0 saturated carbocycles. The Labute approximate surface area is 112 Å². The molecule has 0 unspecified atom stereocenters. The molecule has 19 heavy (non-hydrogen) atoms. The van der Waals surface area contributed by atoms with Crippen molar-refractivity contribution in [3.8, 4) is 5.69 Å². The quantitative estimate of drug-likeness (QED) is 0.685. The molecule has 5 heteroatoms. The van der Waals surface area contributed by atoms with Crippen LogP contribution in [-0.2, 0) is 0 Å². The third-order valence-corrected chi connectivity index (χ3v) is 3.01. The second-order valence-electron chi connectivity index (χ2n) is 3.98. The molecule has 0 N–H and O–H groups in total. The summed E-state index contributed by atoms with van der Waals surface area (Å²) < 4.78 is 6.13. The van der Waals surface area contributed by atoms with E-state index in [2.05, 4.69) is 0 Å². The van der Waals surface area contributed by atoms with Crippen molar-refractivity contribution < 1.29 is 4.42 Å². The van der Waals surface area contributed by atoms with E-state index in [4.69, 9.17) is 16.0 Å². The van der Waals surface area contributed by atoms with Crippen molar-refractivity contribution in [2.24, 2.45) is 0 Å². The minimum Gasteiger partial charge on any atom is -0.409 e. The van der Waals surface area contributed by atoms with Gasteiger partial charge < -0.3 is 4.42 Å². The number of fused-ring (bicyclic) bond motifs is 1. The second-order valence-corrected chi connectivity index (χ2v) is 4.42. The summed E-state index contributed by atoms with van der Waals surface area (Å²) in [5, 5.41) is 0.723. The lowest BCUT2D eigenvalue weighted by molar-refractivity contribution is 0.504. The van der Waals surface area contributed by atoms with Crippen LogP contribution in [0.25, 0.3) is 16.7 Å². The average Bonchev–Trinajstić information content (AvgIpc) is 2.39. The maximum Gasteiger partial charge on any atom is 0.426 e. The minimum atomic E-state index is -0.731. The lowest BCUT2D eigenvalue weighted by Gasteiger charge is -2.04. The molecule has 0 fully saturated rings. The third-order valence-electron chi connectivity index (χ3n) is 2.77. The van der Waals surface area contributed by atoms with E-state index in [0.717, 1.165) is 4.57 Å². The van der Waals surface area contributed by atoms with E-state index < -0.39 is 11.3 Å². The first-order valence-electron chi connectivity index (χ1n) is 5.58. The zero-order valence-electron chi connectivity index (χ0n) is 9.67. The molecule has 0 bridgehead atoms. The Morgan fingerprint density at radius 1 is 1.00 bits per heavy atom. The van der Waals surface area contributed by atoms with Gasteiger partial charge in [-0.2, -0.15) is 0 Å². The van der Waals surface area contributed by atoms with E-state index in [-0.39, 0.29) is 5.58 Å². The van der Waals surface area contributed by atoms with Gasteiger partial charge in [-0.1, -0.05) is 29.8 Å². The van der Waals surface area contributed by atoms with Crippen molar-refractivity contribution in [2.45, 2.75) is 0 Å². The summed E-state index contributed by atoms with van der Waals surface area (Å²) in [5.41, 5.74) is 0.238. The molecule has 4 nitrogen and oxygen atoms in total. The first kappa shape index (κ1) is 11.7. The molecule has 2 aromatic carbocycles. The smallest absolute Gasteiger partial charge is 0.409 e. The summed E-state index contributed by atoms with van der Waals surface area (Å²) in [6.45, 7) is 0. The average molecular weight is 274 g/mol. The van der Waals surface area contributed by atoms with Crippen LogP contribution in [0.5, 0.6) is 0 Å². The normalized spacial score (nSPS) is 10.8. The predicted molar refractivity (Wildman–Crippen MR) is 73.1 cm³/mol. The number of nitrogens with zero attached hydrogens (tertiary/aromatic N) is 1. The molecular formula is C14H8ClNO3. The molecule has 0 atom stereocenters. The van der Waals surface area contributed by atoms with Crippen molar-refractivity contribution in [1.29, 1.82) is 0 Å². The SMILES string of the molecule is O=c1oc2cc(Cl)ccc2c(=O)n1-c1ccccc1. The number of hydrogen-bond donors (Lipinski definition) is 0. The van der Waals surface area contributed by atoms with Crippen molar-refractivity contribution in [3.05, 3.63) is 74.5 Å². The second kappa shape index (κ2) is 4.40. The zero-order chi connectivity index (χ0) is 13.4. The maximum atomic E-state index is 12.3. The van der Waals surface area contributed by atoms with Gasteiger partial charge in [0, 0.05) is 11.1 Å². The summed E-state index contributed by atoms with van der Waals surface area (Å²) in [6.07, 6.45) is 0. The van der Waals surface area contributed by atoms with Gasteiger partial charge in [-0.25, -0.2) is 9.36 Å². The Morgan fingerprint density at radius 3 is 2.47 bits per heavy atom. The van der Waals surface area contributed by atoms with Gasteiger partial charge in [0.25, 0.3) is 5.56 Å². The Morgan fingerprint density at radius 2 is 1.74 bits per heavy atom. The van der Waals surface area contributed by atoms with Crippen LogP contribution < -0.4 is 11.3 Å². The molecule has 0 aliphatic carbocycles. The van der Waals surface area contributed by atoms with Crippen LogP contribution in [0.3, 0.4) is 0 Å². The van der Waals surface area contributed by atoms with Crippen LogP contribution in [0, 0.1) is 0 Å². The molecule has 0 aliphatic rings. The number of para-hydroxylation sites is 1. The highest BCUT2D eigenvalue weighted by Crippen LogP contribution is 2.15. The fraction of sp³-hybridized carbons (Fsp3) is 0. The van der Waals surface area contributed by atoms with Crippen LogP contribution in [-0.4, -0.2) is 4.57 Å². The molecule has 0 spiro atoms. The van der Waals surface area contributed by atoms with E-state index in [1.54, 1.807) is 42.5 Å². The van der Waals surface area contributed by atoms with E-state index in [1.807, 2.05) is 0 Å². The Hall–Kier alpha value is -2.33. The summed E-state index contributed by atoms with van der Waals surface area (Å²) in [6, 6.07) is 13.2. The van der Waals surface area contributed by atoms with Crippen molar-refractivity contribution in [1.82, 2.24) is 4.57 Å². The Balaban J connectivity index is 2.43. The van der Waals surface area contributed by atoms with Crippen LogP contribution in [0.1, 0.15) is 0 Å². The topological polar surface area (TPSA) is 52.2 Å². The van der Waals surface area contributed by atoms with Gasteiger partial charge in [-0.3, -0.25) is 4.79 Å². The monoisotopic (exact) mass is 273 g/mol. The summed E-state index contributed by atoms with van der Waals surface area (Å²) >= 11 is 5.81. The van der Waals surface area contributed by atoms with E-state index in [9.17, 15) is 9.59 Å². The molecule has 94 valence electrons. The molecule has 3 aromatic rings. The minimum absolute atomic E-state index is 0.190. The zero-order valence-corrected chi connectivity index (χ0v) is 10.4. The number of benzene rings is 2. The van der Waals surface area contributed by atoms with E-state index in [0.29, 0.717) is 16.1 Å². The fourth-order valence-electron chi connectivity index (χ4n) is 1.90. The van der Waals surface area contributed by atoms with Gasteiger partial charge in [-0.05, 0) is 24.3 Å². The predicted octanol–water partition coefficient (Wildman–Crippen LogP) is 2.60. The molecule has 0 aliphatic heterocycles. The van der Waals surface area contributed by atoms with Gasteiger partial charge in [0.05, 0.1) is 11.1 Å². The number of hydrogen-bond acceptors (Lipinski definition) is 3. The number of aromatic nitrogens is 1. The number of halogens is 1. The first-order valence-corrected chi connectivity index (χ1v) is 5.95. The molecule has 0 amide bonds. The molecule has 0 saturated heterocycles. The van der Waals surface area contributed by atoms with Crippen LogP contribution in [0.15, 0.2) is 62.5 Å². The summed E-state index contributed by atoms with van der Waals surface area (Å²) in [7, 11) is 0. The Bertz CT molecular complexity index is 865. The van der Waals surface area contributed by atoms with Crippen LogP contribution in [0.4, 0.5) is 0 Å². The van der Waals surface area contributed by atoms with Gasteiger partial charge in [0.15, 0.2) is 0 Å². The van der Waals surface area contributed by atoms with Crippen LogP contribution >= 0.6 is 11.6 Å². The number of rotatable bonds is 1. The lowest BCUT2D eigenvalue weighted by atomic mass is 10.2. The van der Waals surface area contributed by atoms with Gasteiger partial charge >= 0.3 is 5.76 Å². The standard InChI is InChI=1S/C14H8ClNO3/c15-9-6-7-11-12(8-9)19-14(18)16(13(11)17)10-4-2-1-3-5-10/h1-8H. The van der Waals surface area contributed by atoms with E-state index >= 15 is 0 Å². The molecule has 0 radical (unpaired) electrons. The van der Waals surface area contributed by atoms with Gasteiger partial charge in [0.2, 0.25) is 0 Å². The van der Waals surface area contributed by atoms with E-state index in [1.165, 1.54) is 6.07 Å². The molecule has 1 heterocycles. The molecular weight excluding hydrogens is 266 g/mol. The highest BCUT2D eigenvalue weighted by Gasteiger charge is 2.11. The fourth-order valence-corrected chi connectivity index (χ4v) is 2.06. The van der Waals surface area contributed by atoms with Crippen molar-refractivity contribution in [2.75, 3.05) is 0 Å². The highest BCUT2D eigenvalue weighted by molar-refractivity contribution is 6.31. The maximum absolute atomic E-state index is 12.3. The first-order chi connectivity index (χ1) is 9.16. The lowest BCUT2D eigenvalue weighted by Crippen LogP contribution is -2.30. The summed E-state index contributed by atoms with van der Waals surface area (Å²) in [4.78, 5) is 24.2. The summed E-state index contributed by atoms with van der Waals surface area (Å²) in [5.74, 6) is -0.731. The largest absolute Gasteiger partial charge is 0.426 e. The van der Waals surface area contributed by atoms with Crippen LogP contribution in [0.2, 0.25) is 5.02 Å². The third kappa shape index (κ3) is 1.96. The molecule has 1 aromatic heterocycles. The highest BCUT2D eigenvalue weighted by atomic mass is 35.5. The van der Waals surface area contributed by atoms with Gasteiger partial charge in [-0.15, -0.1) is 0 Å².